The molecule has 1 heterocycles. The van der Waals surface area contributed by atoms with Gasteiger partial charge < -0.3 is 14.8 Å². The third-order valence-electron chi connectivity index (χ3n) is 4.05. The van der Waals surface area contributed by atoms with Gasteiger partial charge in [0.1, 0.15) is 13.2 Å². The van der Waals surface area contributed by atoms with Crippen molar-refractivity contribution in [3.8, 4) is 11.5 Å². The molecule has 3 rings (SSSR count). The Hall–Kier alpha value is -2.49. The van der Waals surface area contributed by atoms with E-state index in [2.05, 4.69) is 37.4 Å². The van der Waals surface area contributed by atoms with Crippen molar-refractivity contribution >= 4 is 5.91 Å². The zero-order chi connectivity index (χ0) is 16.4. The number of rotatable bonds is 3. The van der Waals surface area contributed by atoms with E-state index < -0.39 is 0 Å². The third kappa shape index (κ3) is 3.31. The molecule has 0 radical (unpaired) electrons. The maximum atomic E-state index is 12.5. The number of ether oxygens (including phenoxy) is 2. The van der Waals surface area contributed by atoms with Crippen molar-refractivity contribution in [1.29, 1.82) is 0 Å². The molecule has 1 N–H and O–H groups in total. The van der Waals surface area contributed by atoms with Crippen molar-refractivity contribution in [3.63, 3.8) is 0 Å². The minimum absolute atomic E-state index is 0.0596. The minimum atomic E-state index is -0.115. The summed E-state index contributed by atoms with van der Waals surface area (Å²) in [7, 11) is 0. The van der Waals surface area contributed by atoms with Gasteiger partial charge in [-0.15, -0.1) is 0 Å². The van der Waals surface area contributed by atoms with Gasteiger partial charge in [-0.1, -0.05) is 23.8 Å². The molecular formula is C19H21NO3. The van der Waals surface area contributed by atoms with E-state index in [1.807, 2.05) is 6.92 Å². The number of carbonyl (C=O) groups is 1. The Balaban J connectivity index is 1.77. The highest BCUT2D eigenvalue weighted by molar-refractivity contribution is 5.95. The fraction of sp³-hybridized carbons (Fsp3) is 0.316. The number of nitrogens with one attached hydrogen (secondary N) is 1. The summed E-state index contributed by atoms with van der Waals surface area (Å²) in [6.07, 6.45) is 0. The maximum absolute atomic E-state index is 12.5. The van der Waals surface area contributed by atoms with E-state index in [-0.39, 0.29) is 11.9 Å². The number of aryl methyl sites for hydroxylation is 2. The first-order chi connectivity index (χ1) is 11.0. The van der Waals surface area contributed by atoms with Crippen LogP contribution in [0, 0.1) is 13.8 Å². The lowest BCUT2D eigenvalue weighted by Gasteiger charge is -2.20. The topological polar surface area (TPSA) is 47.6 Å². The Morgan fingerprint density at radius 2 is 1.78 bits per heavy atom. The maximum Gasteiger partial charge on any atom is 0.251 e. The molecule has 0 spiro atoms. The lowest BCUT2D eigenvalue weighted by Crippen LogP contribution is -2.27. The van der Waals surface area contributed by atoms with Gasteiger partial charge in [-0.3, -0.25) is 4.79 Å². The van der Waals surface area contributed by atoms with E-state index in [0.29, 0.717) is 30.3 Å². The number of amides is 1. The lowest BCUT2D eigenvalue weighted by atomic mass is 9.99. The average molecular weight is 311 g/mol. The summed E-state index contributed by atoms with van der Waals surface area (Å²) in [5, 5.41) is 3.05. The quantitative estimate of drug-likeness (QED) is 0.942. The summed E-state index contributed by atoms with van der Waals surface area (Å²) in [6, 6.07) is 11.5. The van der Waals surface area contributed by atoms with Crippen LogP contribution in [0.15, 0.2) is 36.4 Å². The van der Waals surface area contributed by atoms with E-state index in [9.17, 15) is 4.79 Å². The Labute approximate surface area is 136 Å². The van der Waals surface area contributed by atoms with Crippen LogP contribution in [0.25, 0.3) is 0 Å². The van der Waals surface area contributed by atoms with Gasteiger partial charge in [0, 0.05) is 5.56 Å². The summed E-state index contributed by atoms with van der Waals surface area (Å²) in [4.78, 5) is 12.5. The standard InChI is InChI=1S/C19H21NO3/c1-12-4-5-13(2)16(10-12)14(3)20-19(21)15-6-7-17-18(11-15)23-9-8-22-17/h4-7,10-11,14H,8-9H2,1-3H3,(H,20,21)/t14-/m0/s1. The molecule has 1 aliphatic heterocycles. The fourth-order valence-corrected chi connectivity index (χ4v) is 2.77. The van der Waals surface area contributed by atoms with Gasteiger partial charge in [-0.05, 0) is 50.1 Å². The first-order valence-electron chi connectivity index (χ1n) is 7.82. The number of fused-ring (bicyclic) bond motifs is 1. The molecule has 1 aliphatic rings. The molecule has 0 unspecified atom stereocenters. The smallest absolute Gasteiger partial charge is 0.251 e. The molecular weight excluding hydrogens is 290 g/mol. The number of hydrogen-bond donors (Lipinski definition) is 1. The summed E-state index contributed by atoms with van der Waals surface area (Å²) in [6.45, 7) is 7.16. The predicted octanol–water partition coefficient (Wildman–Crippen LogP) is 3.57. The van der Waals surface area contributed by atoms with Gasteiger partial charge in [0.15, 0.2) is 11.5 Å². The van der Waals surface area contributed by atoms with E-state index in [0.717, 1.165) is 5.56 Å². The van der Waals surface area contributed by atoms with Gasteiger partial charge >= 0.3 is 0 Å². The van der Waals surface area contributed by atoms with Crippen LogP contribution in [-0.4, -0.2) is 19.1 Å². The molecule has 4 heteroatoms. The van der Waals surface area contributed by atoms with Crippen molar-refractivity contribution < 1.29 is 14.3 Å². The van der Waals surface area contributed by atoms with Crippen LogP contribution in [0.4, 0.5) is 0 Å². The van der Waals surface area contributed by atoms with E-state index in [1.165, 1.54) is 11.1 Å². The fourth-order valence-electron chi connectivity index (χ4n) is 2.77. The molecule has 120 valence electrons. The second-order valence-electron chi connectivity index (χ2n) is 5.91. The zero-order valence-electron chi connectivity index (χ0n) is 13.7. The van der Waals surface area contributed by atoms with Crippen molar-refractivity contribution in [2.24, 2.45) is 0 Å². The predicted molar refractivity (Wildman–Crippen MR) is 89.2 cm³/mol. The number of carbonyl (C=O) groups excluding carboxylic acids is 1. The largest absolute Gasteiger partial charge is 0.486 e. The molecule has 0 fully saturated rings. The second kappa shape index (κ2) is 6.32. The first-order valence-corrected chi connectivity index (χ1v) is 7.82. The van der Waals surface area contributed by atoms with Crippen molar-refractivity contribution in [3.05, 3.63) is 58.7 Å². The van der Waals surface area contributed by atoms with Crippen LogP contribution < -0.4 is 14.8 Å². The van der Waals surface area contributed by atoms with E-state index in [4.69, 9.17) is 9.47 Å². The number of benzene rings is 2. The summed E-state index contributed by atoms with van der Waals surface area (Å²) >= 11 is 0. The van der Waals surface area contributed by atoms with Gasteiger partial charge in [0.2, 0.25) is 0 Å². The van der Waals surface area contributed by atoms with Gasteiger partial charge in [-0.2, -0.15) is 0 Å². The first kappa shape index (κ1) is 15.4. The Morgan fingerprint density at radius 1 is 1.04 bits per heavy atom. The van der Waals surface area contributed by atoms with Crippen LogP contribution in [0.5, 0.6) is 11.5 Å². The van der Waals surface area contributed by atoms with Crippen molar-refractivity contribution in [1.82, 2.24) is 5.32 Å². The molecule has 2 aromatic carbocycles. The molecule has 1 amide bonds. The molecule has 4 nitrogen and oxygen atoms in total. The molecule has 1 atom stereocenters. The van der Waals surface area contributed by atoms with Gasteiger partial charge in [0.25, 0.3) is 5.91 Å². The third-order valence-corrected chi connectivity index (χ3v) is 4.05. The molecule has 0 saturated heterocycles. The Kier molecular flexibility index (Phi) is 4.24. The van der Waals surface area contributed by atoms with E-state index in [1.54, 1.807) is 18.2 Å². The lowest BCUT2D eigenvalue weighted by molar-refractivity contribution is 0.0938. The normalized spacial score (nSPS) is 14.2. The molecule has 0 aliphatic carbocycles. The summed E-state index contributed by atoms with van der Waals surface area (Å²) in [5.74, 6) is 1.20. The molecule has 0 saturated carbocycles. The van der Waals surface area contributed by atoms with Gasteiger partial charge in [-0.25, -0.2) is 0 Å². The monoisotopic (exact) mass is 311 g/mol. The Bertz CT molecular complexity index is 739. The van der Waals surface area contributed by atoms with Crippen molar-refractivity contribution in [2.75, 3.05) is 13.2 Å². The summed E-state index contributed by atoms with van der Waals surface area (Å²) < 4.78 is 11.0. The minimum Gasteiger partial charge on any atom is -0.486 e. The van der Waals surface area contributed by atoms with E-state index >= 15 is 0 Å². The van der Waals surface area contributed by atoms with Gasteiger partial charge in [0.05, 0.1) is 6.04 Å². The SMILES string of the molecule is Cc1ccc(C)c([C@H](C)NC(=O)c2ccc3c(c2)OCCO3)c1. The zero-order valence-corrected chi connectivity index (χ0v) is 13.7. The van der Waals surface area contributed by atoms with Crippen LogP contribution >= 0.6 is 0 Å². The van der Waals surface area contributed by atoms with Crippen LogP contribution in [0.1, 0.15) is 40.0 Å². The molecule has 0 bridgehead atoms. The van der Waals surface area contributed by atoms with Crippen LogP contribution in [-0.2, 0) is 0 Å². The highest BCUT2D eigenvalue weighted by Gasteiger charge is 2.17. The highest BCUT2D eigenvalue weighted by atomic mass is 16.6. The highest BCUT2D eigenvalue weighted by Crippen LogP contribution is 2.31. The van der Waals surface area contributed by atoms with Crippen LogP contribution in [0.3, 0.4) is 0 Å². The summed E-state index contributed by atoms with van der Waals surface area (Å²) in [5.41, 5.74) is 4.07. The van der Waals surface area contributed by atoms with Crippen molar-refractivity contribution in [2.45, 2.75) is 26.8 Å². The molecule has 2 aromatic rings. The molecule has 0 aromatic heterocycles. The average Bonchev–Trinajstić information content (AvgIpc) is 2.56. The number of hydrogen-bond acceptors (Lipinski definition) is 3. The Morgan fingerprint density at radius 3 is 2.57 bits per heavy atom. The van der Waals surface area contributed by atoms with Crippen LogP contribution in [0.2, 0.25) is 0 Å². The second-order valence-corrected chi connectivity index (χ2v) is 5.91. The molecule has 23 heavy (non-hydrogen) atoms.